The molecule has 3 N–H and O–H groups in total. The standard InChI is InChI=1S/C23H23F2N3O5S/c1-4-34(32,33)27-19-7-5-6-14(20(19)25)11-15-12-16(23(30)31)21(28(3)22(15)29)26-18-9-8-13(2)10-17(18)24/h5-10,12,26-27H,4,11H2,1-3H3,(H,30,31). The maximum absolute atomic E-state index is 15.0. The maximum Gasteiger partial charge on any atom is 0.339 e. The molecule has 180 valence electrons. The van der Waals surface area contributed by atoms with Crippen LogP contribution in [0.3, 0.4) is 0 Å². The third kappa shape index (κ3) is 5.25. The molecule has 0 spiro atoms. The zero-order chi connectivity index (χ0) is 25.2. The molecule has 8 nitrogen and oxygen atoms in total. The molecule has 0 amide bonds. The van der Waals surface area contributed by atoms with E-state index in [4.69, 9.17) is 0 Å². The lowest BCUT2D eigenvalue weighted by Gasteiger charge is -2.17. The zero-order valence-corrected chi connectivity index (χ0v) is 19.5. The van der Waals surface area contributed by atoms with Gasteiger partial charge in [0.2, 0.25) is 10.0 Å². The SMILES string of the molecule is CCS(=O)(=O)Nc1cccc(Cc2cc(C(=O)O)c(Nc3ccc(C)cc3F)n(C)c2=O)c1F. The van der Waals surface area contributed by atoms with E-state index in [1.807, 2.05) is 0 Å². The second-order valence-electron chi connectivity index (χ2n) is 7.67. The van der Waals surface area contributed by atoms with Gasteiger partial charge in [-0.15, -0.1) is 0 Å². The van der Waals surface area contributed by atoms with Crippen LogP contribution in [0.2, 0.25) is 0 Å². The molecule has 11 heteroatoms. The number of benzene rings is 2. The fraction of sp³-hybridized carbons (Fsp3) is 0.217. The first-order valence-electron chi connectivity index (χ1n) is 10.2. The van der Waals surface area contributed by atoms with Crippen LogP contribution in [-0.4, -0.2) is 29.8 Å². The van der Waals surface area contributed by atoms with E-state index < -0.39 is 33.2 Å². The number of carbonyl (C=O) groups is 1. The Morgan fingerprint density at radius 2 is 1.79 bits per heavy atom. The Morgan fingerprint density at radius 3 is 2.41 bits per heavy atom. The van der Waals surface area contributed by atoms with Crippen molar-refractivity contribution in [3.8, 4) is 0 Å². The first kappa shape index (κ1) is 24.9. The highest BCUT2D eigenvalue weighted by molar-refractivity contribution is 7.92. The predicted octanol–water partition coefficient (Wildman–Crippen LogP) is 3.77. The molecule has 0 aliphatic heterocycles. The Bertz CT molecular complexity index is 1440. The van der Waals surface area contributed by atoms with Crippen LogP contribution in [0.4, 0.5) is 26.0 Å². The predicted molar refractivity (Wildman–Crippen MR) is 125 cm³/mol. The molecule has 0 saturated heterocycles. The summed E-state index contributed by atoms with van der Waals surface area (Å²) >= 11 is 0. The molecule has 1 aromatic heterocycles. The molecule has 0 aliphatic carbocycles. The number of nitrogens with zero attached hydrogens (tertiary/aromatic N) is 1. The lowest BCUT2D eigenvalue weighted by atomic mass is 10.0. The Balaban J connectivity index is 2.05. The number of pyridine rings is 1. The van der Waals surface area contributed by atoms with Crippen molar-refractivity contribution in [2.24, 2.45) is 7.05 Å². The van der Waals surface area contributed by atoms with Crippen LogP contribution in [-0.2, 0) is 23.5 Å². The van der Waals surface area contributed by atoms with Crippen molar-refractivity contribution in [1.29, 1.82) is 0 Å². The van der Waals surface area contributed by atoms with Gasteiger partial charge in [0.15, 0.2) is 5.82 Å². The van der Waals surface area contributed by atoms with Crippen LogP contribution in [0.5, 0.6) is 0 Å². The van der Waals surface area contributed by atoms with Crippen LogP contribution in [0, 0.1) is 18.6 Å². The van der Waals surface area contributed by atoms with Crippen molar-refractivity contribution < 1.29 is 27.1 Å². The van der Waals surface area contributed by atoms with E-state index in [0.29, 0.717) is 5.56 Å². The van der Waals surface area contributed by atoms with Gasteiger partial charge in [0.1, 0.15) is 17.2 Å². The lowest BCUT2D eigenvalue weighted by molar-refractivity contribution is 0.0697. The second-order valence-corrected chi connectivity index (χ2v) is 9.68. The summed E-state index contributed by atoms with van der Waals surface area (Å²) in [6, 6.07) is 9.44. The summed E-state index contributed by atoms with van der Waals surface area (Å²) in [6.07, 6.45) is -0.292. The van der Waals surface area contributed by atoms with Crippen LogP contribution >= 0.6 is 0 Å². The number of carboxylic acids is 1. The third-order valence-electron chi connectivity index (χ3n) is 5.20. The molecule has 0 aliphatic rings. The summed E-state index contributed by atoms with van der Waals surface area (Å²) in [6.45, 7) is 3.10. The minimum absolute atomic E-state index is 0.00460. The van der Waals surface area contributed by atoms with E-state index in [9.17, 15) is 31.9 Å². The molecule has 0 saturated carbocycles. The molecule has 0 fully saturated rings. The van der Waals surface area contributed by atoms with Gasteiger partial charge in [-0.3, -0.25) is 14.1 Å². The monoisotopic (exact) mass is 491 g/mol. The van der Waals surface area contributed by atoms with E-state index in [-0.39, 0.29) is 46.1 Å². The molecular weight excluding hydrogens is 468 g/mol. The summed E-state index contributed by atoms with van der Waals surface area (Å²) in [4.78, 5) is 24.9. The van der Waals surface area contributed by atoms with Crippen molar-refractivity contribution >= 4 is 33.2 Å². The van der Waals surface area contributed by atoms with Crippen molar-refractivity contribution in [3.05, 3.63) is 86.7 Å². The van der Waals surface area contributed by atoms with E-state index >= 15 is 0 Å². The van der Waals surface area contributed by atoms with Gasteiger partial charge in [0, 0.05) is 19.0 Å². The first-order valence-corrected chi connectivity index (χ1v) is 11.9. The largest absolute Gasteiger partial charge is 0.478 e. The average Bonchev–Trinajstić information content (AvgIpc) is 2.77. The normalized spacial score (nSPS) is 11.3. The second kappa shape index (κ2) is 9.64. The number of sulfonamides is 1. The van der Waals surface area contributed by atoms with Crippen molar-refractivity contribution in [2.75, 3.05) is 15.8 Å². The summed E-state index contributed by atoms with van der Waals surface area (Å²) in [5.41, 5.74) is -0.615. The van der Waals surface area contributed by atoms with Crippen LogP contribution in [0.1, 0.15) is 34.0 Å². The molecule has 34 heavy (non-hydrogen) atoms. The molecule has 0 unspecified atom stereocenters. The molecule has 3 aromatic rings. The number of rotatable bonds is 8. The van der Waals surface area contributed by atoms with Gasteiger partial charge in [-0.25, -0.2) is 22.0 Å². The van der Waals surface area contributed by atoms with Crippen molar-refractivity contribution in [1.82, 2.24) is 4.57 Å². The highest BCUT2D eigenvalue weighted by Gasteiger charge is 2.21. The van der Waals surface area contributed by atoms with Gasteiger partial charge in [0.05, 0.1) is 17.1 Å². The summed E-state index contributed by atoms with van der Waals surface area (Å²) in [7, 11) is -2.42. The van der Waals surface area contributed by atoms with Gasteiger partial charge in [-0.1, -0.05) is 18.2 Å². The summed E-state index contributed by atoms with van der Waals surface area (Å²) in [5.74, 6) is -3.27. The molecule has 0 bridgehead atoms. The van der Waals surface area contributed by atoms with Gasteiger partial charge >= 0.3 is 5.97 Å². The number of aryl methyl sites for hydroxylation is 1. The van der Waals surface area contributed by atoms with Gasteiger partial charge in [0.25, 0.3) is 5.56 Å². The number of aromatic carboxylic acids is 1. The van der Waals surface area contributed by atoms with Crippen LogP contribution < -0.4 is 15.6 Å². The highest BCUT2D eigenvalue weighted by Crippen LogP contribution is 2.25. The molecule has 0 radical (unpaired) electrons. The zero-order valence-electron chi connectivity index (χ0n) is 18.6. The summed E-state index contributed by atoms with van der Waals surface area (Å²) < 4.78 is 56.0. The molecule has 3 rings (SSSR count). The molecule has 0 atom stereocenters. The minimum Gasteiger partial charge on any atom is -0.478 e. The first-order chi connectivity index (χ1) is 15.9. The number of aromatic nitrogens is 1. The van der Waals surface area contributed by atoms with Gasteiger partial charge in [-0.05, 0) is 49.2 Å². The number of carboxylic acid groups (broad SMARTS) is 1. The number of hydrogen-bond donors (Lipinski definition) is 3. The van der Waals surface area contributed by atoms with E-state index in [1.54, 1.807) is 13.0 Å². The van der Waals surface area contributed by atoms with Gasteiger partial charge in [-0.2, -0.15) is 0 Å². The van der Waals surface area contributed by atoms with E-state index in [1.165, 1.54) is 44.3 Å². The third-order valence-corrected chi connectivity index (χ3v) is 6.49. The van der Waals surface area contributed by atoms with Crippen molar-refractivity contribution in [2.45, 2.75) is 20.3 Å². The summed E-state index contributed by atoms with van der Waals surface area (Å²) in [5, 5.41) is 12.4. The minimum atomic E-state index is -3.73. The fourth-order valence-electron chi connectivity index (χ4n) is 3.33. The van der Waals surface area contributed by atoms with E-state index in [0.717, 1.165) is 10.6 Å². The lowest BCUT2D eigenvalue weighted by Crippen LogP contribution is -2.26. The molecule has 1 heterocycles. The number of hydrogen-bond acceptors (Lipinski definition) is 5. The van der Waals surface area contributed by atoms with Crippen LogP contribution in [0.15, 0.2) is 47.3 Å². The Labute approximate surface area is 194 Å². The number of anilines is 3. The average molecular weight is 492 g/mol. The smallest absolute Gasteiger partial charge is 0.339 e. The quantitative estimate of drug-likeness (QED) is 0.442. The van der Waals surface area contributed by atoms with E-state index in [2.05, 4.69) is 10.0 Å². The maximum atomic E-state index is 15.0. The van der Waals surface area contributed by atoms with Crippen LogP contribution in [0.25, 0.3) is 0 Å². The number of nitrogens with one attached hydrogen (secondary N) is 2. The molecule has 2 aromatic carbocycles. The van der Waals surface area contributed by atoms with Gasteiger partial charge < -0.3 is 10.4 Å². The van der Waals surface area contributed by atoms with Crippen molar-refractivity contribution in [3.63, 3.8) is 0 Å². The Hall–Kier alpha value is -3.73. The highest BCUT2D eigenvalue weighted by atomic mass is 32.2. The number of halogens is 2. The Morgan fingerprint density at radius 1 is 1.09 bits per heavy atom. The fourth-order valence-corrected chi connectivity index (χ4v) is 3.97. The molecular formula is C23H23F2N3O5S. The topological polar surface area (TPSA) is 118 Å². The Kier molecular flexibility index (Phi) is 7.06.